The highest BCUT2D eigenvalue weighted by Gasteiger charge is 2.42. The molecule has 1 rings (SSSR count). The van der Waals surface area contributed by atoms with E-state index in [9.17, 15) is 4.79 Å². The first-order valence-electron chi connectivity index (χ1n) is 6.60. The van der Waals surface area contributed by atoms with Gasteiger partial charge in [0, 0.05) is 11.6 Å². The Morgan fingerprint density at radius 3 is 2.88 bits per heavy atom. The zero-order valence-electron chi connectivity index (χ0n) is 11.4. The largest absolute Gasteiger partial charge is 0.449 e. The van der Waals surface area contributed by atoms with Crippen molar-refractivity contribution in [3.8, 4) is 0 Å². The molecule has 0 N–H and O–H groups in total. The normalized spacial score (nSPS) is 22.5. The highest BCUT2D eigenvalue weighted by molar-refractivity contribution is 5.69. The lowest BCUT2D eigenvalue weighted by Gasteiger charge is -2.34. The fraction of sp³-hybridized carbons (Fsp3) is 0.786. The minimum absolute atomic E-state index is 0.0863. The number of carbonyl (C=O) groups excluding carboxylic acids is 1. The van der Waals surface area contributed by atoms with Crippen LogP contribution in [0.1, 0.15) is 52.9 Å². The Balaban J connectivity index is 2.61. The van der Waals surface area contributed by atoms with Crippen molar-refractivity contribution in [1.82, 2.24) is 4.90 Å². The molecule has 1 fully saturated rings. The second-order valence-electron chi connectivity index (χ2n) is 5.37. The van der Waals surface area contributed by atoms with Gasteiger partial charge in [0.15, 0.2) is 0 Å². The standard InChI is InChI=1S/C14H25NO2/c1-5-7-11-17-13(16)15-12(8-6-2)9-10-14(15,3)4/h6,12H,2,5,7-11H2,1,3-4H3/t12-/m1/s1. The van der Waals surface area contributed by atoms with Crippen LogP contribution in [0.5, 0.6) is 0 Å². The maximum atomic E-state index is 12.1. The van der Waals surface area contributed by atoms with E-state index in [4.69, 9.17) is 4.74 Å². The summed E-state index contributed by atoms with van der Waals surface area (Å²) >= 11 is 0. The predicted octanol–water partition coefficient (Wildman–Crippen LogP) is 3.74. The summed E-state index contributed by atoms with van der Waals surface area (Å²) in [7, 11) is 0. The first-order chi connectivity index (χ1) is 8.03. The quantitative estimate of drug-likeness (QED) is 0.540. The first kappa shape index (κ1) is 14.1. The number of carbonyl (C=O) groups is 1. The number of nitrogens with zero attached hydrogens (tertiary/aromatic N) is 1. The van der Waals surface area contributed by atoms with Gasteiger partial charge in [-0.15, -0.1) is 6.58 Å². The molecule has 3 heteroatoms. The molecule has 0 bridgehead atoms. The third-order valence-corrected chi connectivity index (χ3v) is 3.47. The molecular weight excluding hydrogens is 214 g/mol. The maximum Gasteiger partial charge on any atom is 0.410 e. The van der Waals surface area contributed by atoms with Crippen LogP contribution < -0.4 is 0 Å². The van der Waals surface area contributed by atoms with E-state index in [1.807, 2.05) is 11.0 Å². The van der Waals surface area contributed by atoms with Crippen molar-refractivity contribution >= 4 is 6.09 Å². The lowest BCUT2D eigenvalue weighted by atomic mass is 10.0. The van der Waals surface area contributed by atoms with Gasteiger partial charge in [0.25, 0.3) is 0 Å². The van der Waals surface area contributed by atoms with Gasteiger partial charge in [0.1, 0.15) is 0 Å². The Morgan fingerprint density at radius 2 is 2.29 bits per heavy atom. The molecule has 1 heterocycles. The summed E-state index contributed by atoms with van der Waals surface area (Å²) in [6.45, 7) is 10.6. The van der Waals surface area contributed by atoms with E-state index in [1.165, 1.54) is 0 Å². The number of hydrogen-bond acceptors (Lipinski definition) is 2. The molecule has 0 spiro atoms. The Morgan fingerprint density at radius 1 is 1.59 bits per heavy atom. The van der Waals surface area contributed by atoms with Crippen molar-refractivity contribution in [2.75, 3.05) is 6.61 Å². The third-order valence-electron chi connectivity index (χ3n) is 3.47. The van der Waals surface area contributed by atoms with Gasteiger partial charge in [0.2, 0.25) is 0 Å². The van der Waals surface area contributed by atoms with Gasteiger partial charge < -0.3 is 4.74 Å². The van der Waals surface area contributed by atoms with Gasteiger partial charge >= 0.3 is 6.09 Å². The van der Waals surface area contributed by atoms with E-state index in [-0.39, 0.29) is 17.7 Å². The van der Waals surface area contributed by atoms with E-state index in [2.05, 4.69) is 27.4 Å². The summed E-state index contributed by atoms with van der Waals surface area (Å²) in [6, 6.07) is 0.261. The molecule has 98 valence electrons. The number of likely N-dealkylation sites (tertiary alicyclic amines) is 1. The van der Waals surface area contributed by atoms with E-state index >= 15 is 0 Å². The summed E-state index contributed by atoms with van der Waals surface area (Å²) < 4.78 is 5.33. The van der Waals surface area contributed by atoms with Crippen LogP contribution in [-0.2, 0) is 4.74 Å². The average molecular weight is 239 g/mol. The van der Waals surface area contributed by atoms with Crippen LogP contribution in [-0.4, -0.2) is 29.2 Å². The lowest BCUT2D eigenvalue weighted by molar-refractivity contribution is 0.0636. The van der Waals surface area contributed by atoms with Crippen LogP contribution >= 0.6 is 0 Å². The van der Waals surface area contributed by atoms with Gasteiger partial charge in [-0.3, -0.25) is 4.90 Å². The van der Waals surface area contributed by atoms with Crippen LogP contribution in [0.15, 0.2) is 12.7 Å². The molecule has 0 aromatic rings. The molecule has 1 amide bonds. The zero-order valence-corrected chi connectivity index (χ0v) is 11.4. The Hall–Kier alpha value is -0.990. The molecular formula is C14H25NO2. The van der Waals surface area contributed by atoms with Crippen LogP contribution in [0.4, 0.5) is 4.79 Å². The Labute approximate surface area is 105 Å². The lowest BCUT2D eigenvalue weighted by Crippen LogP contribution is -2.47. The SMILES string of the molecule is C=CC[C@@H]1CCC(C)(C)N1C(=O)OCCCC. The molecule has 0 aliphatic carbocycles. The summed E-state index contributed by atoms with van der Waals surface area (Å²) in [4.78, 5) is 14.0. The number of rotatable bonds is 5. The van der Waals surface area contributed by atoms with Crippen molar-refractivity contribution in [2.45, 2.75) is 64.5 Å². The molecule has 1 atom stereocenters. The maximum absolute atomic E-state index is 12.1. The van der Waals surface area contributed by atoms with Gasteiger partial charge in [-0.05, 0) is 39.5 Å². The van der Waals surface area contributed by atoms with Crippen LogP contribution in [0, 0.1) is 0 Å². The molecule has 0 unspecified atom stereocenters. The molecule has 0 saturated carbocycles. The van der Waals surface area contributed by atoms with E-state index in [0.717, 1.165) is 32.1 Å². The van der Waals surface area contributed by atoms with Crippen LogP contribution in [0.2, 0.25) is 0 Å². The number of hydrogen-bond donors (Lipinski definition) is 0. The third kappa shape index (κ3) is 3.48. The minimum atomic E-state index is -0.159. The molecule has 17 heavy (non-hydrogen) atoms. The van der Waals surface area contributed by atoms with Gasteiger partial charge in [-0.25, -0.2) is 4.79 Å². The second-order valence-corrected chi connectivity index (χ2v) is 5.37. The molecule has 3 nitrogen and oxygen atoms in total. The van der Waals surface area contributed by atoms with Crippen molar-refractivity contribution in [3.63, 3.8) is 0 Å². The molecule has 1 aliphatic rings. The molecule has 1 saturated heterocycles. The molecule has 0 radical (unpaired) electrons. The fourth-order valence-corrected chi connectivity index (χ4v) is 2.45. The first-order valence-corrected chi connectivity index (χ1v) is 6.60. The van der Waals surface area contributed by atoms with Crippen molar-refractivity contribution < 1.29 is 9.53 Å². The minimum Gasteiger partial charge on any atom is -0.449 e. The van der Waals surface area contributed by atoms with Gasteiger partial charge in [-0.2, -0.15) is 0 Å². The number of ether oxygens (including phenoxy) is 1. The van der Waals surface area contributed by atoms with Crippen molar-refractivity contribution in [3.05, 3.63) is 12.7 Å². The van der Waals surface area contributed by atoms with Crippen molar-refractivity contribution in [1.29, 1.82) is 0 Å². The van der Waals surface area contributed by atoms with Crippen LogP contribution in [0.25, 0.3) is 0 Å². The zero-order chi connectivity index (χ0) is 12.9. The highest BCUT2D eigenvalue weighted by atomic mass is 16.6. The van der Waals surface area contributed by atoms with Gasteiger partial charge in [0.05, 0.1) is 6.61 Å². The van der Waals surface area contributed by atoms with E-state index < -0.39 is 0 Å². The van der Waals surface area contributed by atoms with Gasteiger partial charge in [-0.1, -0.05) is 19.4 Å². The molecule has 0 aromatic carbocycles. The van der Waals surface area contributed by atoms with Crippen LogP contribution in [0.3, 0.4) is 0 Å². The summed E-state index contributed by atoms with van der Waals surface area (Å²) in [5.41, 5.74) is -0.0863. The topological polar surface area (TPSA) is 29.5 Å². The monoisotopic (exact) mass is 239 g/mol. The average Bonchev–Trinajstić information content (AvgIpc) is 2.55. The predicted molar refractivity (Wildman–Crippen MR) is 70.0 cm³/mol. The fourth-order valence-electron chi connectivity index (χ4n) is 2.45. The Bertz CT molecular complexity index is 273. The highest BCUT2D eigenvalue weighted by Crippen LogP contribution is 2.35. The van der Waals surface area contributed by atoms with E-state index in [1.54, 1.807) is 0 Å². The van der Waals surface area contributed by atoms with E-state index in [0.29, 0.717) is 6.61 Å². The summed E-state index contributed by atoms with van der Waals surface area (Å²) in [6.07, 6.45) is 6.65. The van der Waals surface area contributed by atoms with Crippen molar-refractivity contribution in [2.24, 2.45) is 0 Å². The Kier molecular flexibility index (Phi) is 5.03. The smallest absolute Gasteiger partial charge is 0.410 e. The second kappa shape index (κ2) is 6.08. The summed E-state index contributed by atoms with van der Waals surface area (Å²) in [5.74, 6) is 0. The summed E-state index contributed by atoms with van der Waals surface area (Å²) in [5, 5.41) is 0. The molecule has 0 aromatic heterocycles. The number of amides is 1. The molecule has 1 aliphatic heterocycles. The number of unbranched alkanes of at least 4 members (excludes halogenated alkanes) is 1.